The maximum atomic E-state index is 10.1. The Morgan fingerprint density at radius 1 is 1.02 bits per heavy atom. The quantitative estimate of drug-likeness (QED) is 0.231. The molecule has 0 saturated carbocycles. The molecule has 3 atom stereocenters. The summed E-state index contributed by atoms with van der Waals surface area (Å²) in [7, 11) is 0. The van der Waals surface area contributed by atoms with E-state index in [0.717, 1.165) is 53.8 Å². The number of H-pyrrole nitrogens is 1. The smallest absolute Gasteiger partial charge is 0.296 e. The molecular formula is C33H34ClN5O4. The molecule has 2 saturated heterocycles. The summed E-state index contributed by atoms with van der Waals surface area (Å²) in [5.74, 6) is 0. The van der Waals surface area contributed by atoms with Gasteiger partial charge in [0.1, 0.15) is 6.10 Å². The maximum absolute atomic E-state index is 10.1. The highest BCUT2D eigenvalue weighted by Crippen LogP contribution is 2.33. The number of fused-ring (bicyclic) bond motifs is 2. The molecule has 3 aromatic heterocycles. The van der Waals surface area contributed by atoms with E-state index in [2.05, 4.69) is 39.3 Å². The SMILES string of the molecule is CC(C)(O)Cc1cnn(-c2ccc(-c3ccc(-c4nc5nc(O[C@@H]6COC7CCCCOC76)[nH]c5cc4Cl)cc3)cc2)c1. The van der Waals surface area contributed by atoms with Crippen LogP contribution in [-0.4, -0.2) is 67.0 Å². The first-order chi connectivity index (χ1) is 20.8. The van der Waals surface area contributed by atoms with Crippen LogP contribution in [0.25, 0.3) is 39.2 Å². The molecule has 2 fully saturated rings. The second kappa shape index (κ2) is 11.4. The van der Waals surface area contributed by atoms with Crippen molar-refractivity contribution in [1.82, 2.24) is 24.7 Å². The van der Waals surface area contributed by atoms with Gasteiger partial charge < -0.3 is 24.3 Å². The minimum absolute atomic E-state index is 0.0757. The van der Waals surface area contributed by atoms with Crippen LogP contribution in [0.15, 0.2) is 67.0 Å². The van der Waals surface area contributed by atoms with Crippen LogP contribution in [0.2, 0.25) is 5.02 Å². The Morgan fingerprint density at radius 2 is 1.77 bits per heavy atom. The van der Waals surface area contributed by atoms with E-state index >= 15 is 0 Å². The lowest BCUT2D eigenvalue weighted by atomic mass is 10.0. The fourth-order valence-corrected chi connectivity index (χ4v) is 6.15. The van der Waals surface area contributed by atoms with Crippen LogP contribution >= 0.6 is 11.6 Å². The van der Waals surface area contributed by atoms with Gasteiger partial charge in [-0.1, -0.05) is 48.0 Å². The van der Waals surface area contributed by atoms with Gasteiger partial charge >= 0.3 is 0 Å². The van der Waals surface area contributed by atoms with E-state index in [0.29, 0.717) is 40.9 Å². The van der Waals surface area contributed by atoms with E-state index in [9.17, 15) is 5.11 Å². The number of nitrogens with one attached hydrogen (secondary N) is 1. The molecule has 9 nitrogen and oxygen atoms in total. The molecule has 43 heavy (non-hydrogen) atoms. The number of hydrogen-bond donors (Lipinski definition) is 2. The highest BCUT2D eigenvalue weighted by atomic mass is 35.5. The second-order valence-corrected chi connectivity index (χ2v) is 12.4. The number of aliphatic hydroxyl groups is 1. The van der Waals surface area contributed by atoms with Gasteiger partial charge in [0.15, 0.2) is 11.8 Å². The molecule has 222 valence electrons. The van der Waals surface area contributed by atoms with Gasteiger partial charge in [0, 0.05) is 24.8 Å². The van der Waals surface area contributed by atoms with Crippen LogP contribution in [0, 0.1) is 0 Å². The van der Waals surface area contributed by atoms with Crippen molar-refractivity contribution >= 4 is 22.8 Å². The van der Waals surface area contributed by atoms with Gasteiger partial charge in [0.25, 0.3) is 6.01 Å². The first kappa shape index (κ1) is 28.0. The lowest BCUT2D eigenvalue weighted by molar-refractivity contribution is -0.0218. The van der Waals surface area contributed by atoms with Crippen LogP contribution in [0.4, 0.5) is 0 Å². The van der Waals surface area contributed by atoms with Crippen LogP contribution in [0.1, 0.15) is 38.7 Å². The molecule has 2 aliphatic heterocycles. The van der Waals surface area contributed by atoms with E-state index in [1.54, 1.807) is 20.0 Å². The Kier molecular flexibility index (Phi) is 7.43. The summed E-state index contributed by atoms with van der Waals surface area (Å²) >= 11 is 6.68. The van der Waals surface area contributed by atoms with E-state index < -0.39 is 5.60 Å². The van der Waals surface area contributed by atoms with Crippen LogP contribution in [0.3, 0.4) is 0 Å². The van der Waals surface area contributed by atoms with Gasteiger partial charge in [-0.3, -0.25) is 0 Å². The molecule has 2 unspecified atom stereocenters. The summed E-state index contributed by atoms with van der Waals surface area (Å²) in [6, 6.07) is 18.6. The minimum atomic E-state index is -0.774. The minimum Gasteiger partial charge on any atom is -0.456 e. The fourth-order valence-electron chi connectivity index (χ4n) is 5.89. The number of nitrogens with zero attached hydrogens (tertiary/aromatic N) is 4. The summed E-state index contributed by atoms with van der Waals surface area (Å²) < 4.78 is 20.0. The first-order valence-corrected chi connectivity index (χ1v) is 15.1. The maximum Gasteiger partial charge on any atom is 0.296 e. The van der Waals surface area contributed by atoms with Crippen molar-refractivity contribution in [3.8, 4) is 34.1 Å². The normalized spacial score (nSPS) is 20.7. The molecule has 0 aliphatic carbocycles. The Balaban J connectivity index is 1.06. The monoisotopic (exact) mass is 599 g/mol. The topological polar surface area (TPSA) is 107 Å². The molecule has 2 N–H and O–H groups in total. The number of hydrogen-bond acceptors (Lipinski definition) is 7. The van der Waals surface area contributed by atoms with E-state index in [1.807, 2.05) is 41.2 Å². The van der Waals surface area contributed by atoms with E-state index in [4.69, 9.17) is 30.8 Å². The van der Waals surface area contributed by atoms with Crippen molar-refractivity contribution in [2.24, 2.45) is 0 Å². The van der Waals surface area contributed by atoms with Gasteiger partial charge in [-0.25, -0.2) is 9.67 Å². The van der Waals surface area contributed by atoms with Gasteiger partial charge in [-0.15, -0.1) is 0 Å². The van der Waals surface area contributed by atoms with Gasteiger partial charge in [0.05, 0.1) is 46.4 Å². The standard InChI is InChI=1S/C33H34ClN5O4/c1-33(2,40)16-20-17-35-39(18-20)24-12-10-22(11-13-24)21-6-8-23(9-7-21)29-25(34)15-26-31(37-29)38-32(36-26)43-28-19-42-27-5-3-4-14-41-30(27)28/h6-13,15,17-18,27-28,30,40H,3-5,14,16,19H2,1-2H3,(H,36,37,38)/t27?,28-,30?/m1/s1. The summed E-state index contributed by atoms with van der Waals surface area (Å²) in [4.78, 5) is 12.6. The van der Waals surface area contributed by atoms with Gasteiger partial charge in [-0.2, -0.15) is 10.1 Å². The molecule has 0 spiro atoms. The van der Waals surface area contributed by atoms with Crippen LogP contribution < -0.4 is 4.74 Å². The number of aromatic amines is 1. The van der Waals surface area contributed by atoms with Gasteiger partial charge in [-0.05, 0) is 68.0 Å². The first-order valence-electron chi connectivity index (χ1n) is 14.7. The highest BCUT2D eigenvalue weighted by Gasteiger charge is 2.41. The summed E-state index contributed by atoms with van der Waals surface area (Å²) in [6.45, 7) is 4.80. The molecule has 5 heterocycles. The van der Waals surface area contributed by atoms with E-state index in [1.165, 1.54) is 0 Å². The van der Waals surface area contributed by atoms with Crippen LogP contribution in [-0.2, 0) is 15.9 Å². The fraction of sp³-hybridized carbons (Fsp3) is 0.364. The number of ether oxygens (including phenoxy) is 3. The molecular weight excluding hydrogens is 566 g/mol. The number of pyridine rings is 1. The van der Waals surface area contributed by atoms with Crippen molar-refractivity contribution in [3.63, 3.8) is 0 Å². The lowest BCUT2D eigenvalue weighted by Gasteiger charge is -2.20. The Bertz CT molecular complexity index is 1730. The molecule has 0 amide bonds. The Labute approximate surface area is 254 Å². The number of halogens is 1. The average molecular weight is 600 g/mol. The Hall–Kier alpha value is -3.76. The zero-order valence-electron chi connectivity index (χ0n) is 24.2. The third kappa shape index (κ3) is 6.03. The predicted molar refractivity (Wildman–Crippen MR) is 165 cm³/mol. The third-order valence-corrected chi connectivity index (χ3v) is 8.25. The third-order valence-electron chi connectivity index (χ3n) is 7.96. The second-order valence-electron chi connectivity index (χ2n) is 12.0. The van der Waals surface area contributed by atoms with Crippen molar-refractivity contribution in [3.05, 3.63) is 77.6 Å². The molecule has 0 bridgehead atoms. The number of imidazole rings is 1. The van der Waals surface area contributed by atoms with Crippen LogP contribution in [0.5, 0.6) is 6.01 Å². The van der Waals surface area contributed by atoms with Crippen molar-refractivity contribution in [2.45, 2.75) is 63.4 Å². The predicted octanol–water partition coefficient (Wildman–Crippen LogP) is 6.16. The zero-order chi connectivity index (χ0) is 29.6. The van der Waals surface area contributed by atoms with E-state index in [-0.39, 0.29) is 18.3 Å². The molecule has 0 radical (unpaired) electrons. The number of aromatic nitrogens is 5. The molecule has 10 heteroatoms. The largest absolute Gasteiger partial charge is 0.456 e. The molecule has 2 aliphatic rings. The van der Waals surface area contributed by atoms with Gasteiger partial charge in [0.2, 0.25) is 0 Å². The summed E-state index contributed by atoms with van der Waals surface area (Å²) in [6.07, 6.45) is 7.22. The zero-order valence-corrected chi connectivity index (χ0v) is 24.9. The molecule has 7 rings (SSSR count). The highest BCUT2D eigenvalue weighted by molar-refractivity contribution is 6.33. The summed E-state index contributed by atoms with van der Waals surface area (Å²) in [5, 5.41) is 15.1. The average Bonchev–Trinajstić information content (AvgIpc) is 3.66. The number of benzene rings is 2. The van der Waals surface area contributed by atoms with Crippen molar-refractivity contribution < 1.29 is 19.3 Å². The summed E-state index contributed by atoms with van der Waals surface area (Å²) in [5.41, 5.74) is 6.13. The Morgan fingerprint density at radius 3 is 2.53 bits per heavy atom. The molecule has 5 aromatic rings. The van der Waals surface area contributed by atoms with Crippen molar-refractivity contribution in [2.75, 3.05) is 13.2 Å². The molecule has 2 aromatic carbocycles. The van der Waals surface area contributed by atoms with Crippen molar-refractivity contribution in [1.29, 1.82) is 0 Å². The number of rotatable bonds is 7. The lowest BCUT2D eigenvalue weighted by Crippen LogP contribution is -2.36.